The van der Waals surface area contributed by atoms with Crippen molar-refractivity contribution < 1.29 is 13.2 Å². The van der Waals surface area contributed by atoms with E-state index in [9.17, 15) is 13.2 Å². The lowest BCUT2D eigenvalue weighted by atomic mass is 10.0. The molecule has 140 valence electrons. The monoisotopic (exact) mass is 367 g/mol. The van der Waals surface area contributed by atoms with Crippen LogP contribution in [0.1, 0.15) is 22.3 Å². The Morgan fingerprint density at radius 1 is 1.00 bits per heavy atom. The topological polar surface area (TPSA) is 60.9 Å². The lowest BCUT2D eigenvalue weighted by molar-refractivity contribution is -0.133. The van der Waals surface area contributed by atoms with Crippen molar-refractivity contribution in [3.05, 3.63) is 28.3 Å². The Bertz CT molecular complexity index is 738. The molecule has 0 atom stereocenters. The zero-order valence-corrected chi connectivity index (χ0v) is 16.9. The molecule has 2 rings (SSSR count). The maximum atomic E-state index is 13.2. The molecule has 1 aromatic rings. The molecule has 0 aromatic heterocycles. The summed E-state index contributed by atoms with van der Waals surface area (Å²) in [5.74, 6) is 0.0424. The summed E-state index contributed by atoms with van der Waals surface area (Å²) < 4.78 is 27.9. The highest BCUT2D eigenvalue weighted by atomic mass is 32.2. The fourth-order valence-electron chi connectivity index (χ4n) is 3.25. The quantitative estimate of drug-likeness (QED) is 0.805. The number of amides is 1. The van der Waals surface area contributed by atoms with Gasteiger partial charge in [-0.25, -0.2) is 8.42 Å². The Kier molecular flexibility index (Phi) is 5.91. The van der Waals surface area contributed by atoms with E-state index >= 15 is 0 Å². The normalized spacial score (nSPS) is 16.5. The van der Waals surface area contributed by atoms with Crippen LogP contribution in [-0.2, 0) is 14.8 Å². The van der Waals surface area contributed by atoms with Gasteiger partial charge >= 0.3 is 0 Å². The van der Waals surface area contributed by atoms with E-state index in [1.54, 1.807) is 4.90 Å². The van der Waals surface area contributed by atoms with E-state index in [1.165, 1.54) is 4.31 Å². The summed E-state index contributed by atoms with van der Waals surface area (Å²) in [4.78, 5) is 16.1. The minimum Gasteiger partial charge on any atom is -0.339 e. The molecular formula is C18H29N3O3S. The molecule has 1 heterocycles. The summed E-state index contributed by atoms with van der Waals surface area (Å²) in [5, 5.41) is 0. The van der Waals surface area contributed by atoms with Gasteiger partial charge in [0.15, 0.2) is 0 Å². The van der Waals surface area contributed by atoms with E-state index in [4.69, 9.17) is 0 Å². The molecular weight excluding hydrogens is 338 g/mol. The first-order chi connectivity index (χ1) is 11.6. The van der Waals surface area contributed by atoms with Gasteiger partial charge in [-0.1, -0.05) is 6.07 Å². The summed E-state index contributed by atoms with van der Waals surface area (Å²) >= 11 is 0. The van der Waals surface area contributed by atoms with Gasteiger partial charge in [-0.3, -0.25) is 4.79 Å². The van der Waals surface area contributed by atoms with Crippen molar-refractivity contribution in [1.82, 2.24) is 14.1 Å². The largest absolute Gasteiger partial charge is 0.339 e. The van der Waals surface area contributed by atoms with E-state index < -0.39 is 10.0 Å². The van der Waals surface area contributed by atoms with Gasteiger partial charge in [-0.2, -0.15) is 4.31 Å². The first kappa shape index (κ1) is 19.9. The molecule has 0 radical (unpaired) electrons. The lowest BCUT2D eigenvalue weighted by Gasteiger charge is -2.35. The van der Waals surface area contributed by atoms with E-state index in [0.29, 0.717) is 37.6 Å². The van der Waals surface area contributed by atoms with Crippen molar-refractivity contribution in [2.24, 2.45) is 0 Å². The number of hydrogen-bond acceptors (Lipinski definition) is 4. The van der Waals surface area contributed by atoms with Crippen molar-refractivity contribution in [2.75, 3.05) is 46.8 Å². The molecule has 0 bridgehead atoms. The van der Waals surface area contributed by atoms with Crippen molar-refractivity contribution in [1.29, 1.82) is 0 Å². The third-order valence-corrected chi connectivity index (χ3v) is 7.11. The van der Waals surface area contributed by atoms with Crippen LogP contribution >= 0.6 is 0 Å². The number of sulfonamides is 1. The SMILES string of the molecule is Cc1cc(C)c(C)c(S(=O)(=O)N2CCN(C(=O)CN(C)C)CC2)c1C. The molecule has 0 N–H and O–H groups in total. The third-order valence-electron chi connectivity index (χ3n) is 4.94. The molecule has 1 amide bonds. The van der Waals surface area contributed by atoms with Crippen LogP contribution in [0.2, 0.25) is 0 Å². The Hall–Kier alpha value is -1.44. The molecule has 7 heteroatoms. The first-order valence-electron chi connectivity index (χ1n) is 8.55. The van der Waals surface area contributed by atoms with Gasteiger partial charge in [0.1, 0.15) is 0 Å². The zero-order valence-electron chi connectivity index (χ0n) is 16.1. The van der Waals surface area contributed by atoms with Gasteiger partial charge in [0, 0.05) is 26.2 Å². The number of benzene rings is 1. The highest BCUT2D eigenvalue weighted by Gasteiger charge is 2.32. The average molecular weight is 368 g/mol. The van der Waals surface area contributed by atoms with Gasteiger partial charge in [0.05, 0.1) is 11.4 Å². The molecule has 1 saturated heterocycles. The van der Waals surface area contributed by atoms with Crippen LogP contribution in [-0.4, -0.2) is 75.2 Å². The summed E-state index contributed by atoms with van der Waals surface area (Å²) in [6.45, 7) is 9.53. The van der Waals surface area contributed by atoms with Crippen molar-refractivity contribution in [2.45, 2.75) is 32.6 Å². The highest BCUT2D eigenvalue weighted by Crippen LogP contribution is 2.29. The molecule has 1 aromatic carbocycles. The average Bonchev–Trinajstić information content (AvgIpc) is 2.52. The Morgan fingerprint density at radius 2 is 1.48 bits per heavy atom. The predicted octanol–water partition coefficient (Wildman–Crippen LogP) is 1.31. The predicted molar refractivity (Wildman–Crippen MR) is 99.3 cm³/mol. The van der Waals surface area contributed by atoms with E-state index in [1.807, 2.05) is 52.8 Å². The first-order valence-corrected chi connectivity index (χ1v) is 9.99. The van der Waals surface area contributed by atoms with Crippen LogP contribution in [0.4, 0.5) is 0 Å². The van der Waals surface area contributed by atoms with E-state index in [0.717, 1.165) is 22.3 Å². The molecule has 1 aliphatic heterocycles. The van der Waals surface area contributed by atoms with Gasteiger partial charge < -0.3 is 9.80 Å². The van der Waals surface area contributed by atoms with E-state index in [-0.39, 0.29) is 5.91 Å². The van der Waals surface area contributed by atoms with Crippen LogP contribution < -0.4 is 0 Å². The van der Waals surface area contributed by atoms with Crippen LogP contribution in [0.3, 0.4) is 0 Å². The molecule has 6 nitrogen and oxygen atoms in total. The Labute approximate surface area is 151 Å². The number of likely N-dealkylation sites (N-methyl/N-ethyl adjacent to an activating group) is 1. The smallest absolute Gasteiger partial charge is 0.243 e. The second kappa shape index (κ2) is 7.43. The highest BCUT2D eigenvalue weighted by molar-refractivity contribution is 7.89. The number of hydrogen-bond donors (Lipinski definition) is 0. The molecule has 0 saturated carbocycles. The molecule has 0 aliphatic carbocycles. The van der Waals surface area contributed by atoms with Crippen LogP contribution in [0.5, 0.6) is 0 Å². The molecule has 25 heavy (non-hydrogen) atoms. The lowest BCUT2D eigenvalue weighted by Crippen LogP contribution is -2.52. The molecule has 0 spiro atoms. The van der Waals surface area contributed by atoms with Gasteiger partial charge in [0.2, 0.25) is 15.9 Å². The second-order valence-corrected chi connectivity index (χ2v) is 8.99. The van der Waals surface area contributed by atoms with Crippen LogP contribution in [0.25, 0.3) is 0 Å². The Balaban J connectivity index is 2.23. The standard InChI is InChI=1S/C18H29N3O3S/c1-13-11-14(2)16(4)18(15(13)3)25(23,24)21-9-7-20(8-10-21)17(22)12-19(5)6/h11H,7-10,12H2,1-6H3. The number of piperazine rings is 1. The number of rotatable bonds is 4. The van der Waals surface area contributed by atoms with Gasteiger partial charge in [-0.05, 0) is 64.0 Å². The maximum Gasteiger partial charge on any atom is 0.243 e. The Morgan fingerprint density at radius 3 is 1.92 bits per heavy atom. The van der Waals surface area contributed by atoms with Crippen molar-refractivity contribution in [3.63, 3.8) is 0 Å². The van der Waals surface area contributed by atoms with E-state index in [2.05, 4.69) is 0 Å². The van der Waals surface area contributed by atoms with Gasteiger partial charge in [0.25, 0.3) is 0 Å². The maximum absolute atomic E-state index is 13.2. The van der Waals surface area contributed by atoms with Crippen LogP contribution in [0, 0.1) is 27.7 Å². The summed E-state index contributed by atoms with van der Waals surface area (Å²) in [5.41, 5.74) is 3.60. The number of nitrogens with zero attached hydrogens (tertiary/aromatic N) is 3. The van der Waals surface area contributed by atoms with Crippen molar-refractivity contribution >= 4 is 15.9 Å². The number of carbonyl (C=O) groups is 1. The molecule has 1 fully saturated rings. The zero-order chi connectivity index (χ0) is 18.9. The summed E-state index contributed by atoms with van der Waals surface area (Å²) in [6, 6.07) is 2.03. The molecule has 0 unspecified atom stereocenters. The summed E-state index contributed by atoms with van der Waals surface area (Å²) in [6.07, 6.45) is 0. The van der Waals surface area contributed by atoms with Crippen LogP contribution in [0.15, 0.2) is 11.0 Å². The fourth-order valence-corrected chi connectivity index (χ4v) is 5.24. The van der Waals surface area contributed by atoms with Gasteiger partial charge in [-0.15, -0.1) is 0 Å². The second-order valence-electron chi connectivity index (χ2n) is 7.11. The summed E-state index contributed by atoms with van der Waals surface area (Å²) in [7, 11) is 0.147. The number of carbonyl (C=O) groups excluding carboxylic acids is 1. The minimum atomic E-state index is -3.56. The minimum absolute atomic E-state index is 0.0424. The number of aryl methyl sites for hydroxylation is 2. The molecule has 1 aliphatic rings. The fraction of sp³-hybridized carbons (Fsp3) is 0.611. The third kappa shape index (κ3) is 4.04. The van der Waals surface area contributed by atoms with Crippen molar-refractivity contribution in [3.8, 4) is 0 Å².